The second-order valence-electron chi connectivity index (χ2n) is 3.77. The van der Waals surface area contributed by atoms with Crippen molar-refractivity contribution >= 4 is 0 Å². The van der Waals surface area contributed by atoms with E-state index in [9.17, 15) is 0 Å². The predicted octanol–water partition coefficient (Wildman–Crippen LogP) is 1.09. The van der Waals surface area contributed by atoms with Gasteiger partial charge in [-0.1, -0.05) is 12.3 Å². The van der Waals surface area contributed by atoms with E-state index in [2.05, 4.69) is 12.3 Å². The lowest BCUT2D eigenvalue weighted by molar-refractivity contribution is -0.292. The maximum Gasteiger partial charge on any atom is 0.229 e. The van der Waals surface area contributed by atoms with Crippen LogP contribution >= 0.6 is 0 Å². The van der Waals surface area contributed by atoms with Crippen LogP contribution in [0.15, 0.2) is 18.6 Å². The minimum absolute atomic E-state index is 0.153. The summed E-state index contributed by atoms with van der Waals surface area (Å²) in [6.45, 7) is 5.33. The SMILES string of the molecule is C=C=CO[C@H]1O[C@@H](C)[C@H](OC)[C@@H](OC)[C@@H]1OC. The maximum atomic E-state index is 5.68. The average Bonchev–Trinajstić information content (AvgIpc) is 2.35. The average molecular weight is 244 g/mol. The van der Waals surface area contributed by atoms with Crippen LogP contribution in [0.25, 0.3) is 0 Å². The molecule has 1 aliphatic heterocycles. The highest BCUT2D eigenvalue weighted by Crippen LogP contribution is 2.27. The van der Waals surface area contributed by atoms with Gasteiger partial charge in [0.1, 0.15) is 24.6 Å². The Kier molecular flexibility index (Phi) is 5.68. The first-order valence-electron chi connectivity index (χ1n) is 5.43. The highest BCUT2D eigenvalue weighted by molar-refractivity contribution is 4.91. The van der Waals surface area contributed by atoms with Gasteiger partial charge in [-0.2, -0.15) is 0 Å². The molecule has 0 spiro atoms. The molecule has 1 saturated heterocycles. The van der Waals surface area contributed by atoms with Gasteiger partial charge in [0.05, 0.1) is 6.10 Å². The monoisotopic (exact) mass is 244 g/mol. The lowest BCUT2D eigenvalue weighted by Crippen LogP contribution is -2.59. The van der Waals surface area contributed by atoms with E-state index in [-0.39, 0.29) is 24.4 Å². The second-order valence-corrected chi connectivity index (χ2v) is 3.77. The van der Waals surface area contributed by atoms with E-state index in [1.807, 2.05) is 6.92 Å². The van der Waals surface area contributed by atoms with Gasteiger partial charge >= 0.3 is 0 Å². The van der Waals surface area contributed by atoms with Crippen molar-refractivity contribution in [1.82, 2.24) is 0 Å². The summed E-state index contributed by atoms with van der Waals surface area (Å²) in [5, 5.41) is 0. The predicted molar refractivity (Wildman–Crippen MR) is 61.5 cm³/mol. The van der Waals surface area contributed by atoms with Crippen LogP contribution in [0.5, 0.6) is 0 Å². The fraction of sp³-hybridized carbons (Fsp3) is 0.750. The first-order valence-corrected chi connectivity index (χ1v) is 5.43. The largest absolute Gasteiger partial charge is 0.461 e. The van der Waals surface area contributed by atoms with Crippen LogP contribution in [-0.2, 0) is 23.7 Å². The van der Waals surface area contributed by atoms with Gasteiger partial charge < -0.3 is 23.7 Å². The molecule has 0 amide bonds. The lowest BCUT2D eigenvalue weighted by atomic mass is 9.99. The number of rotatable bonds is 5. The Morgan fingerprint density at radius 3 is 2.12 bits per heavy atom. The van der Waals surface area contributed by atoms with Crippen LogP contribution in [0, 0.1) is 0 Å². The molecule has 5 heteroatoms. The molecule has 1 heterocycles. The van der Waals surface area contributed by atoms with Gasteiger partial charge in [0, 0.05) is 21.3 Å². The molecular weight excluding hydrogens is 224 g/mol. The molecule has 0 unspecified atom stereocenters. The summed E-state index contributed by atoms with van der Waals surface area (Å²) in [4.78, 5) is 0. The van der Waals surface area contributed by atoms with Crippen molar-refractivity contribution in [3.8, 4) is 0 Å². The Morgan fingerprint density at radius 1 is 1.06 bits per heavy atom. The zero-order valence-electron chi connectivity index (χ0n) is 10.7. The third-order valence-corrected chi connectivity index (χ3v) is 2.83. The molecule has 0 aromatic heterocycles. The van der Waals surface area contributed by atoms with Crippen molar-refractivity contribution in [2.45, 2.75) is 37.6 Å². The topological polar surface area (TPSA) is 46.2 Å². The van der Waals surface area contributed by atoms with Crippen molar-refractivity contribution in [3.63, 3.8) is 0 Å². The molecule has 5 nitrogen and oxygen atoms in total. The summed E-state index contributed by atoms with van der Waals surface area (Å²) in [7, 11) is 4.81. The number of hydrogen-bond donors (Lipinski definition) is 0. The summed E-state index contributed by atoms with van der Waals surface area (Å²) in [6, 6.07) is 0. The first kappa shape index (κ1) is 14.2. The number of methoxy groups -OCH3 is 3. The molecule has 1 rings (SSSR count). The van der Waals surface area contributed by atoms with Gasteiger partial charge in [0.2, 0.25) is 6.29 Å². The van der Waals surface area contributed by atoms with Crippen molar-refractivity contribution < 1.29 is 23.7 Å². The molecule has 0 radical (unpaired) electrons. The van der Waals surface area contributed by atoms with Gasteiger partial charge in [0.15, 0.2) is 0 Å². The third-order valence-electron chi connectivity index (χ3n) is 2.83. The fourth-order valence-electron chi connectivity index (χ4n) is 2.04. The molecule has 0 aromatic carbocycles. The van der Waals surface area contributed by atoms with Crippen LogP contribution < -0.4 is 0 Å². The molecule has 0 bridgehead atoms. The van der Waals surface area contributed by atoms with Crippen molar-refractivity contribution in [2.24, 2.45) is 0 Å². The second kappa shape index (κ2) is 6.79. The van der Waals surface area contributed by atoms with E-state index in [1.165, 1.54) is 6.26 Å². The van der Waals surface area contributed by atoms with Gasteiger partial charge in [-0.15, -0.1) is 0 Å². The Morgan fingerprint density at radius 2 is 1.65 bits per heavy atom. The molecule has 0 N–H and O–H groups in total. The van der Waals surface area contributed by atoms with Gasteiger partial charge in [-0.3, -0.25) is 0 Å². The van der Waals surface area contributed by atoms with Gasteiger partial charge in [-0.05, 0) is 6.92 Å². The molecule has 1 fully saturated rings. The van der Waals surface area contributed by atoms with E-state index < -0.39 is 6.29 Å². The standard InChI is InChI=1S/C12H20O5/c1-6-7-16-12-11(15-5)10(14-4)9(13-3)8(2)17-12/h7-12H,1H2,2-5H3/t8-,9-,10+,11-,12-/m0/s1. The highest BCUT2D eigenvalue weighted by atomic mass is 16.7. The Bertz CT molecular complexity index is 274. The van der Waals surface area contributed by atoms with Gasteiger partial charge in [-0.25, -0.2) is 0 Å². The molecule has 0 saturated carbocycles. The van der Waals surface area contributed by atoms with Crippen LogP contribution in [0.4, 0.5) is 0 Å². The molecule has 1 aliphatic rings. The smallest absolute Gasteiger partial charge is 0.229 e. The van der Waals surface area contributed by atoms with E-state index in [1.54, 1.807) is 21.3 Å². The molecule has 0 aromatic rings. The number of ether oxygens (including phenoxy) is 5. The minimum atomic E-state index is -0.555. The zero-order chi connectivity index (χ0) is 12.8. The molecule has 98 valence electrons. The lowest BCUT2D eigenvalue weighted by Gasteiger charge is -2.42. The van der Waals surface area contributed by atoms with Crippen molar-refractivity contribution in [3.05, 3.63) is 18.6 Å². The first-order chi connectivity index (χ1) is 8.19. The van der Waals surface area contributed by atoms with Crippen LogP contribution in [-0.4, -0.2) is 52.0 Å². The maximum absolute atomic E-state index is 5.68. The van der Waals surface area contributed by atoms with Crippen LogP contribution in [0.3, 0.4) is 0 Å². The van der Waals surface area contributed by atoms with Gasteiger partial charge in [0.25, 0.3) is 0 Å². The van der Waals surface area contributed by atoms with E-state index in [0.717, 1.165) is 0 Å². The zero-order valence-corrected chi connectivity index (χ0v) is 10.7. The summed E-state index contributed by atoms with van der Waals surface area (Å²) < 4.78 is 27.2. The van der Waals surface area contributed by atoms with E-state index in [0.29, 0.717) is 0 Å². The Hall–Kier alpha value is -0.840. The van der Waals surface area contributed by atoms with Crippen LogP contribution in [0.2, 0.25) is 0 Å². The van der Waals surface area contributed by atoms with Crippen molar-refractivity contribution in [2.75, 3.05) is 21.3 Å². The minimum Gasteiger partial charge on any atom is -0.461 e. The Balaban J connectivity index is 2.84. The molecular formula is C12H20O5. The fourth-order valence-corrected chi connectivity index (χ4v) is 2.04. The molecule has 0 aliphatic carbocycles. The summed E-state index contributed by atoms with van der Waals surface area (Å²) in [6.07, 6.45) is -0.177. The third kappa shape index (κ3) is 3.09. The summed E-state index contributed by atoms with van der Waals surface area (Å²) >= 11 is 0. The Labute approximate surface area is 102 Å². The normalized spacial score (nSPS) is 37.3. The van der Waals surface area contributed by atoms with Crippen molar-refractivity contribution in [1.29, 1.82) is 0 Å². The quantitative estimate of drug-likeness (QED) is 0.535. The summed E-state index contributed by atoms with van der Waals surface area (Å²) in [5.74, 6) is 0. The molecule has 17 heavy (non-hydrogen) atoms. The van der Waals surface area contributed by atoms with Crippen LogP contribution in [0.1, 0.15) is 6.92 Å². The number of hydrogen-bond acceptors (Lipinski definition) is 5. The highest BCUT2D eigenvalue weighted by Gasteiger charge is 2.46. The molecule has 5 atom stereocenters. The van der Waals surface area contributed by atoms with E-state index >= 15 is 0 Å². The summed E-state index contributed by atoms with van der Waals surface area (Å²) in [5.41, 5.74) is 2.53. The van der Waals surface area contributed by atoms with E-state index in [4.69, 9.17) is 23.7 Å².